The highest BCUT2D eigenvalue weighted by Gasteiger charge is 2.07. The highest BCUT2D eigenvalue weighted by molar-refractivity contribution is 5.74. The van der Waals surface area contributed by atoms with E-state index >= 15 is 0 Å². The predicted molar refractivity (Wildman–Crippen MR) is 67.8 cm³/mol. The van der Waals surface area contributed by atoms with Crippen LogP contribution >= 0.6 is 0 Å². The molecule has 0 saturated heterocycles. The molecule has 2 rings (SSSR count). The molecule has 0 unspecified atom stereocenters. The van der Waals surface area contributed by atoms with Crippen molar-refractivity contribution in [3.05, 3.63) is 47.4 Å². The molecule has 18 heavy (non-hydrogen) atoms. The zero-order chi connectivity index (χ0) is 13.1. The lowest BCUT2D eigenvalue weighted by Crippen LogP contribution is -2.02. The van der Waals surface area contributed by atoms with E-state index in [1.165, 1.54) is 24.4 Å². The van der Waals surface area contributed by atoms with Crippen LogP contribution in [0.3, 0.4) is 0 Å². The number of hydrogen-bond acceptors (Lipinski definition) is 4. The third-order valence-corrected chi connectivity index (χ3v) is 2.55. The minimum absolute atomic E-state index is 0.281. The second-order valence-electron chi connectivity index (χ2n) is 3.82. The van der Waals surface area contributed by atoms with Gasteiger partial charge in [-0.25, -0.2) is 9.37 Å². The molecule has 1 aromatic carbocycles. The number of pyridine rings is 1. The Kier molecular flexibility index (Phi) is 3.11. The topological polar surface area (TPSA) is 74.7 Å². The van der Waals surface area contributed by atoms with Gasteiger partial charge in [0, 0.05) is 11.9 Å². The van der Waals surface area contributed by atoms with Crippen LogP contribution in [-0.4, -0.2) is 4.98 Å². The van der Waals surface area contributed by atoms with Gasteiger partial charge in [-0.1, -0.05) is 0 Å². The minimum Gasteiger partial charge on any atom is -0.395 e. The summed E-state index contributed by atoms with van der Waals surface area (Å²) in [5.41, 5.74) is 7.87. The molecule has 0 radical (unpaired) electrons. The van der Waals surface area contributed by atoms with Gasteiger partial charge in [0.2, 0.25) is 0 Å². The fourth-order valence-electron chi connectivity index (χ4n) is 1.57. The Morgan fingerprint density at radius 3 is 2.83 bits per heavy atom. The molecule has 0 atom stereocenters. The Labute approximate surface area is 104 Å². The van der Waals surface area contributed by atoms with Gasteiger partial charge in [-0.3, -0.25) is 0 Å². The maximum Gasteiger partial charge on any atom is 0.154 e. The summed E-state index contributed by atoms with van der Waals surface area (Å²) in [7, 11) is 0. The number of halogens is 1. The molecule has 0 bridgehead atoms. The van der Waals surface area contributed by atoms with Crippen LogP contribution in [0.1, 0.15) is 11.1 Å². The summed E-state index contributed by atoms with van der Waals surface area (Å²) in [6.07, 6.45) is 1.50. The van der Waals surface area contributed by atoms with Crippen molar-refractivity contribution >= 4 is 17.2 Å². The molecule has 0 saturated carbocycles. The summed E-state index contributed by atoms with van der Waals surface area (Å²) >= 11 is 0. The first-order valence-corrected chi connectivity index (χ1v) is 5.29. The van der Waals surface area contributed by atoms with Gasteiger partial charge in [-0.2, -0.15) is 5.26 Å². The lowest BCUT2D eigenvalue weighted by Gasteiger charge is -2.11. The zero-order valence-electron chi connectivity index (χ0n) is 9.74. The number of rotatable bonds is 2. The van der Waals surface area contributed by atoms with Crippen molar-refractivity contribution < 1.29 is 4.39 Å². The fraction of sp³-hybridized carbons (Fsp3) is 0.0769. The van der Waals surface area contributed by atoms with Gasteiger partial charge < -0.3 is 11.1 Å². The molecule has 4 nitrogen and oxygen atoms in total. The highest BCUT2D eigenvalue weighted by Crippen LogP contribution is 2.25. The summed E-state index contributed by atoms with van der Waals surface area (Å²) in [6, 6.07) is 7.88. The molecule has 3 N–H and O–H groups in total. The molecule has 0 spiro atoms. The number of aromatic nitrogens is 1. The van der Waals surface area contributed by atoms with E-state index in [1.807, 2.05) is 6.07 Å². The van der Waals surface area contributed by atoms with E-state index in [-0.39, 0.29) is 11.5 Å². The number of nitrogen functional groups attached to an aromatic ring is 1. The van der Waals surface area contributed by atoms with Gasteiger partial charge in [0.25, 0.3) is 0 Å². The van der Waals surface area contributed by atoms with E-state index in [0.717, 1.165) is 5.56 Å². The van der Waals surface area contributed by atoms with Gasteiger partial charge in [0.15, 0.2) is 5.82 Å². The SMILES string of the molecule is Cc1cc(F)ccc1Nc1nccc(C#N)c1N. The summed E-state index contributed by atoms with van der Waals surface area (Å²) in [5, 5.41) is 11.9. The van der Waals surface area contributed by atoms with Crippen LogP contribution in [0.5, 0.6) is 0 Å². The first kappa shape index (κ1) is 11.9. The van der Waals surface area contributed by atoms with Crippen LogP contribution in [0.25, 0.3) is 0 Å². The third-order valence-electron chi connectivity index (χ3n) is 2.55. The first-order valence-electron chi connectivity index (χ1n) is 5.29. The summed E-state index contributed by atoms with van der Waals surface area (Å²) in [6.45, 7) is 1.77. The van der Waals surface area contributed by atoms with Crippen LogP contribution in [0, 0.1) is 24.1 Å². The number of nitrogens with zero attached hydrogens (tertiary/aromatic N) is 2. The number of nitrogens with two attached hydrogens (primary N) is 1. The Balaban J connectivity index is 2.38. The van der Waals surface area contributed by atoms with E-state index in [1.54, 1.807) is 13.0 Å². The van der Waals surface area contributed by atoms with Gasteiger partial charge in [0.05, 0.1) is 11.3 Å². The van der Waals surface area contributed by atoms with Gasteiger partial charge in [0.1, 0.15) is 11.9 Å². The van der Waals surface area contributed by atoms with Gasteiger partial charge in [-0.05, 0) is 36.8 Å². The minimum atomic E-state index is -0.301. The van der Waals surface area contributed by atoms with E-state index in [9.17, 15) is 4.39 Å². The van der Waals surface area contributed by atoms with Crippen molar-refractivity contribution in [2.75, 3.05) is 11.1 Å². The Bertz CT molecular complexity index is 631. The molecule has 90 valence electrons. The second kappa shape index (κ2) is 4.72. The number of nitriles is 1. The molecule has 0 aliphatic carbocycles. The van der Waals surface area contributed by atoms with Crippen LogP contribution in [0.4, 0.5) is 21.6 Å². The van der Waals surface area contributed by atoms with Crippen LogP contribution in [0.2, 0.25) is 0 Å². The summed E-state index contributed by atoms with van der Waals surface area (Å²) in [5.74, 6) is 0.0912. The Hall–Kier alpha value is -2.61. The molecule has 0 amide bonds. The van der Waals surface area contributed by atoms with E-state index in [4.69, 9.17) is 11.0 Å². The average Bonchev–Trinajstić information content (AvgIpc) is 2.35. The maximum atomic E-state index is 13.0. The lowest BCUT2D eigenvalue weighted by molar-refractivity contribution is 0.627. The number of nitrogens with one attached hydrogen (secondary N) is 1. The van der Waals surface area contributed by atoms with Crippen molar-refractivity contribution in [3.63, 3.8) is 0 Å². The number of aryl methyl sites for hydroxylation is 1. The van der Waals surface area contributed by atoms with Gasteiger partial charge in [-0.15, -0.1) is 0 Å². The number of benzene rings is 1. The van der Waals surface area contributed by atoms with Crippen molar-refractivity contribution in [1.29, 1.82) is 5.26 Å². The lowest BCUT2D eigenvalue weighted by atomic mass is 10.2. The van der Waals surface area contributed by atoms with Crippen molar-refractivity contribution in [2.24, 2.45) is 0 Å². The van der Waals surface area contributed by atoms with Crippen LogP contribution in [-0.2, 0) is 0 Å². The van der Waals surface area contributed by atoms with Gasteiger partial charge >= 0.3 is 0 Å². The predicted octanol–water partition coefficient (Wildman–Crippen LogP) is 2.73. The zero-order valence-corrected chi connectivity index (χ0v) is 9.74. The third kappa shape index (κ3) is 2.23. The quantitative estimate of drug-likeness (QED) is 0.849. The van der Waals surface area contributed by atoms with Crippen molar-refractivity contribution in [3.8, 4) is 6.07 Å². The Morgan fingerprint density at radius 2 is 2.17 bits per heavy atom. The van der Waals surface area contributed by atoms with E-state index in [2.05, 4.69) is 10.3 Å². The van der Waals surface area contributed by atoms with Crippen LogP contribution in [0.15, 0.2) is 30.5 Å². The summed E-state index contributed by atoms with van der Waals surface area (Å²) < 4.78 is 13.0. The highest BCUT2D eigenvalue weighted by atomic mass is 19.1. The number of anilines is 3. The molecule has 0 aliphatic heterocycles. The molecule has 1 aromatic heterocycles. The average molecular weight is 242 g/mol. The monoisotopic (exact) mass is 242 g/mol. The van der Waals surface area contributed by atoms with E-state index in [0.29, 0.717) is 17.1 Å². The molecule has 2 aromatic rings. The Morgan fingerprint density at radius 1 is 1.39 bits per heavy atom. The van der Waals surface area contributed by atoms with E-state index < -0.39 is 0 Å². The molecule has 1 heterocycles. The normalized spacial score (nSPS) is 9.83. The van der Waals surface area contributed by atoms with Crippen LogP contribution < -0.4 is 11.1 Å². The molecule has 5 heteroatoms. The summed E-state index contributed by atoms with van der Waals surface area (Å²) in [4.78, 5) is 4.06. The number of hydrogen-bond donors (Lipinski definition) is 2. The molecular weight excluding hydrogens is 231 g/mol. The second-order valence-corrected chi connectivity index (χ2v) is 3.82. The van der Waals surface area contributed by atoms with Crippen molar-refractivity contribution in [1.82, 2.24) is 4.98 Å². The molecular formula is C13H11FN4. The first-order chi connectivity index (χ1) is 8.61. The maximum absolute atomic E-state index is 13.0. The fourth-order valence-corrected chi connectivity index (χ4v) is 1.57. The standard InChI is InChI=1S/C13H11FN4/c1-8-6-10(14)2-3-11(8)18-13-12(16)9(7-15)4-5-17-13/h2-6H,16H2,1H3,(H,17,18). The largest absolute Gasteiger partial charge is 0.395 e. The van der Waals surface area contributed by atoms with Crippen molar-refractivity contribution in [2.45, 2.75) is 6.92 Å². The molecule has 0 fully saturated rings. The molecule has 0 aliphatic rings. The smallest absolute Gasteiger partial charge is 0.154 e.